The molecule has 5 nitrogen and oxygen atoms in total. The maximum absolute atomic E-state index is 11.9. The van der Waals surface area contributed by atoms with Crippen molar-refractivity contribution in [3.63, 3.8) is 0 Å². The molecule has 0 aromatic rings. The van der Waals surface area contributed by atoms with Crippen LogP contribution in [0.25, 0.3) is 0 Å². The number of hydrogen-bond donors (Lipinski definition) is 1. The van der Waals surface area contributed by atoms with Crippen LogP contribution < -0.4 is 4.72 Å². The molecule has 0 aromatic heterocycles. The Morgan fingerprint density at radius 1 is 1.47 bits per heavy atom. The number of sulfonamides is 1. The van der Waals surface area contributed by atoms with Crippen molar-refractivity contribution in [2.24, 2.45) is 0 Å². The molecule has 17 heavy (non-hydrogen) atoms. The fourth-order valence-corrected chi connectivity index (χ4v) is 1.25. The Morgan fingerprint density at radius 3 is 2.29 bits per heavy atom. The van der Waals surface area contributed by atoms with Crippen LogP contribution in [-0.2, 0) is 19.6 Å². The van der Waals surface area contributed by atoms with Crippen LogP contribution in [0.4, 0.5) is 13.2 Å². The van der Waals surface area contributed by atoms with Gasteiger partial charge in [0.05, 0.1) is 0 Å². The van der Waals surface area contributed by atoms with Crippen LogP contribution in [0.5, 0.6) is 0 Å². The lowest BCUT2D eigenvalue weighted by Gasteiger charge is -2.15. The van der Waals surface area contributed by atoms with Crippen molar-refractivity contribution >= 4 is 16.0 Å². The fraction of sp³-hybridized carbons (Fsp3) is 0.625. The van der Waals surface area contributed by atoms with Crippen LogP contribution in [0.15, 0.2) is 12.2 Å². The third-order valence-corrected chi connectivity index (χ3v) is 2.68. The van der Waals surface area contributed by atoms with E-state index in [0.29, 0.717) is 0 Å². The summed E-state index contributed by atoms with van der Waals surface area (Å²) >= 11 is 0. The van der Waals surface area contributed by atoms with E-state index in [1.165, 1.54) is 18.6 Å². The molecule has 0 fully saturated rings. The second-order valence-corrected chi connectivity index (χ2v) is 5.05. The number of ether oxygens (including phenoxy) is 1. The Morgan fingerprint density at radius 2 is 1.94 bits per heavy atom. The minimum atomic E-state index is -5.41. The van der Waals surface area contributed by atoms with Gasteiger partial charge in [0.1, 0.15) is 6.10 Å². The van der Waals surface area contributed by atoms with Crippen molar-refractivity contribution in [3.05, 3.63) is 12.2 Å². The fourth-order valence-electron chi connectivity index (χ4n) is 0.634. The SMILES string of the molecule is C=C(C)C(=O)OC(C)CNS(=O)(=O)C(F)(F)F. The van der Waals surface area contributed by atoms with Gasteiger partial charge in [-0.05, 0) is 13.8 Å². The first-order chi connectivity index (χ1) is 7.47. The van der Waals surface area contributed by atoms with E-state index in [1.54, 1.807) is 0 Å². The number of carbonyl (C=O) groups is 1. The maximum atomic E-state index is 11.9. The zero-order valence-corrected chi connectivity index (χ0v) is 9.98. The summed E-state index contributed by atoms with van der Waals surface area (Å²) in [6.45, 7) is 5.20. The number of rotatable bonds is 5. The lowest BCUT2D eigenvalue weighted by molar-refractivity contribution is -0.143. The monoisotopic (exact) mass is 275 g/mol. The minimum absolute atomic E-state index is 0.0653. The molecular formula is C8H12F3NO4S. The van der Waals surface area contributed by atoms with Gasteiger partial charge in [0.2, 0.25) is 0 Å². The second-order valence-electron chi connectivity index (χ2n) is 3.29. The Bertz CT molecular complexity index is 401. The van der Waals surface area contributed by atoms with Crippen LogP contribution in [0.3, 0.4) is 0 Å². The molecule has 1 unspecified atom stereocenters. The summed E-state index contributed by atoms with van der Waals surface area (Å²) in [7, 11) is -5.41. The minimum Gasteiger partial charge on any atom is -0.458 e. The molecule has 0 spiro atoms. The topological polar surface area (TPSA) is 72.5 Å². The molecule has 1 N–H and O–H groups in total. The smallest absolute Gasteiger partial charge is 0.458 e. The summed E-state index contributed by atoms with van der Waals surface area (Å²) in [5, 5.41) is 0. The van der Waals surface area contributed by atoms with Crippen molar-refractivity contribution in [1.82, 2.24) is 4.72 Å². The van der Waals surface area contributed by atoms with Gasteiger partial charge in [0.25, 0.3) is 0 Å². The number of nitrogens with one attached hydrogen (secondary N) is 1. The third-order valence-electron chi connectivity index (χ3n) is 1.52. The van der Waals surface area contributed by atoms with Gasteiger partial charge < -0.3 is 4.74 Å². The Kier molecular flexibility index (Phi) is 5.14. The average Bonchev–Trinajstić information content (AvgIpc) is 2.12. The van der Waals surface area contributed by atoms with Crippen molar-refractivity contribution in [2.45, 2.75) is 25.5 Å². The van der Waals surface area contributed by atoms with E-state index in [4.69, 9.17) is 0 Å². The number of hydrogen-bond acceptors (Lipinski definition) is 4. The highest BCUT2D eigenvalue weighted by molar-refractivity contribution is 7.90. The standard InChI is InChI=1S/C8H12F3NO4S/c1-5(2)7(13)16-6(3)4-12-17(14,15)8(9,10)11/h6,12H,1,4H2,2-3H3. The van der Waals surface area contributed by atoms with Crippen LogP contribution in [0, 0.1) is 0 Å². The molecule has 0 bridgehead atoms. The van der Waals surface area contributed by atoms with E-state index < -0.39 is 34.1 Å². The lowest BCUT2D eigenvalue weighted by Crippen LogP contribution is -2.40. The van der Waals surface area contributed by atoms with E-state index in [0.717, 1.165) is 0 Å². The van der Waals surface area contributed by atoms with E-state index >= 15 is 0 Å². The average molecular weight is 275 g/mol. The highest BCUT2D eigenvalue weighted by Gasteiger charge is 2.45. The Labute approximate surface area is 96.7 Å². The molecule has 0 heterocycles. The number of alkyl halides is 3. The molecule has 0 saturated carbocycles. The molecule has 0 aliphatic heterocycles. The van der Waals surface area contributed by atoms with Crippen LogP contribution >= 0.6 is 0 Å². The summed E-state index contributed by atoms with van der Waals surface area (Å²) < 4.78 is 62.7. The third kappa shape index (κ3) is 5.18. The Hall–Kier alpha value is -1.09. The first-order valence-corrected chi connectivity index (χ1v) is 5.88. The van der Waals surface area contributed by atoms with Crippen LogP contribution in [-0.4, -0.2) is 32.5 Å². The molecule has 1 atom stereocenters. The van der Waals surface area contributed by atoms with Crippen molar-refractivity contribution in [2.75, 3.05) is 6.54 Å². The van der Waals surface area contributed by atoms with Crippen LogP contribution in [0.2, 0.25) is 0 Å². The normalized spacial score (nSPS) is 14.2. The highest BCUT2D eigenvalue weighted by Crippen LogP contribution is 2.21. The number of carbonyl (C=O) groups excluding carboxylic acids is 1. The molecule has 0 aliphatic carbocycles. The van der Waals surface area contributed by atoms with E-state index in [2.05, 4.69) is 11.3 Å². The summed E-state index contributed by atoms with van der Waals surface area (Å²) in [5.41, 5.74) is -5.32. The number of esters is 1. The highest BCUT2D eigenvalue weighted by atomic mass is 32.2. The molecular weight excluding hydrogens is 263 g/mol. The first-order valence-electron chi connectivity index (χ1n) is 4.40. The van der Waals surface area contributed by atoms with Gasteiger partial charge in [-0.3, -0.25) is 0 Å². The van der Waals surface area contributed by atoms with Gasteiger partial charge >= 0.3 is 21.5 Å². The van der Waals surface area contributed by atoms with Crippen molar-refractivity contribution in [1.29, 1.82) is 0 Å². The molecule has 0 amide bonds. The molecule has 0 aromatic carbocycles. The predicted molar refractivity (Wildman–Crippen MR) is 53.3 cm³/mol. The molecule has 0 radical (unpaired) electrons. The molecule has 0 aliphatic rings. The summed E-state index contributed by atoms with van der Waals surface area (Å²) in [4.78, 5) is 11.0. The van der Waals surface area contributed by atoms with Gasteiger partial charge in [-0.2, -0.15) is 13.2 Å². The summed E-state index contributed by atoms with van der Waals surface area (Å²) in [6, 6.07) is 0. The predicted octanol–water partition coefficient (Wildman–Crippen LogP) is 0.933. The van der Waals surface area contributed by atoms with Gasteiger partial charge in [0.15, 0.2) is 0 Å². The van der Waals surface area contributed by atoms with E-state index in [9.17, 15) is 26.4 Å². The van der Waals surface area contributed by atoms with Crippen molar-refractivity contribution < 1.29 is 31.1 Å². The van der Waals surface area contributed by atoms with Gasteiger partial charge in [-0.25, -0.2) is 17.9 Å². The molecule has 0 saturated heterocycles. The van der Waals surface area contributed by atoms with Crippen LogP contribution in [0.1, 0.15) is 13.8 Å². The largest absolute Gasteiger partial charge is 0.511 e. The molecule has 0 rings (SSSR count). The van der Waals surface area contributed by atoms with Gasteiger partial charge in [0, 0.05) is 12.1 Å². The number of halogens is 3. The lowest BCUT2D eigenvalue weighted by atomic mass is 10.3. The zero-order chi connectivity index (χ0) is 13.9. The Balaban J connectivity index is 4.32. The second kappa shape index (κ2) is 5.50. The summed E-state index contributed by atoms with van der Waals surface area (Å²) in [5.74, 6) is -0.802. The first kappa shape index (κ1) is 15.9. The quantitative estimate of drug-likeness (QED) is 0.598. The summed E-state index contributed by atoms with van der Waals surface area (Å²) in [6.07, 6.45) is -1.03. The molecule has 9 heteroatoms. The van der Waals surface area contributed by atoms with Crippen molar-refractivity contribution in [3.8, 4) is 0 Å². The zero-order valence-electron chi connectivity index (χ0n) is 9.17. The van der Waals surface area contributed by atoms with E-state index in [-0.39, 0.29) is 5.57 Å². The van der Waals surface area contributed by atoms with E-state index in [1.807, 2.05) is 0 Å². The van der Waals surface area contributed by atoms with Gasteiger partial charge in [-0.15, -0.1) is 0 Å². The molecule has 100 valence electrons. The maximum Gasteiger partial charge on any atom is 0.511 e. The van der Waals surface area contributed by atoms with Gasteiger partial charge in [-0.1, -0.05) is 6.58 Å².